The molecule has 0 spiro atoms. The van der Waals surface area contributed by atoms with Gasteiger partial charge < -0.3 is 0 Å². The van der Waals surface area contributed by atoms with Gasteiger partial charge in [-0.1, -0.05) is 11.6 Å². The summed E-state index contributed by atoms with van der Waals surface area (Å²) in [5.74, 6) is 0.0952. The van der Waals surface area contributed by atoms with Crippen molar-refractivity contribution in [2.45, 2.75) is 44.8 Å². The molecule has 5 nitrogen and oxygen atoms in total. The number of nitrogens with zero attached hydrogens (tertiary/aromatic N) is 3. The topological polar surface area (TPSA) is 56.4 Å². The normalized spacial score (nSPS) is 15.2. The lowest BCUT2D eigenvalue weighted by molar-refractivity contribution is -0.135. The second-order valence-electron chi connectivity index (χ2n) is 5.16. The zero-order valence-corrected chi connectivity index (χ0v) is 12.7. The molecule has 1 aliphatic rings. The lowest BCUT2D eigenvalue weighted by Crippen LogP contribution is -2.40. The maximum absolute atomic E-state index is 12.3. The Morgan fingerprint density at radius 2 is 1.95 bits per heavy atom. The van der Waals surface area contributed by atoms with Crippen LogP contribution in [0.3, 0.4) is 0 Å². The Labute approximate surface area is 129 Å². The first kappa shape index (κ1) is 16.8. The average Bonchev–Trinajstić information content (AvgIpc) is 2.60. The van der Waals surface area contributed by atoms with Crippen molar-refractivity contribution in [3.63, 3.8) is 0 Å². The SMILES string of the molecule is Cn1c(=O)c2c(n(CCCC(F)(F)F)c1=O)N=C(Cl)CCC2. The van der Waals surface area contributed by atoms with Crippen molar-refractivity contribution in [2.24, 2.45) is 12.0 Å². The van der Waals surface area contributed by atoms with Crippen molar-refractivity contribution in [1.82, 2.24) is 9.13 Å². The summed E-state index contributed by atoms with van der Waals surface area (Å²) in [4.78, 5) is 28.4. The predicted molar refractivity (Wildman–Crippen MR) is 77.1 cm³/mol. The molecule has 0 saturated heterocycles. The third kappa shape index (κ3) is 3.60. The van der Waals surface area contributed by atoms with Crippen LogP contribution in [0.5, 0.6) is 0 Å². The Morgan fingerprint density at radius 3 is 2.59 bits per heavy atom. The number of hydrogen-bond donors (Lipinski definition) is 0. The van der Waals surface area contributed by atoms with E-state index < -0.39 is 23.8 Å². The second-order valence-corrected chi connectivity index (χ2v) is 5.60. The standard InChI is InChI=1S/C13H15ClF3N3O2/c1-19-11(21)8-4-2-5-9(14)18-10(8)20(12(19)22)7-3-6-13(15,16)17/h2-7H2,1H3. The summed E-state index contributed by atoms with van der Waals surface area (Å²) in [6, 6.07) is 0. The molecule has 0 radical (unpaired) electrons. The van der Waals surface area contributed by atoms with Crippen molar-refractivity contribution in [1.29, 1.82) is 0 Å². The Hall–Kier alpha value is -1.57. The number of aliphatic imine (C=N–C) groups is 1. The quantitative estimate of drug-likeness (QED) is 0.851. The van der Waals surface area contributed by atoms with Crippen LogP contribution in [0, 0.1) is 0 Å². The van der Waals surface area contributed by atoms with Crippen molar-refractivity contribution in [3.05, 3.63) is 26.4 Å². The van der Waals surface area contributed by atoms with Crippen molar-refractivity contribution in [2.75, 3.05) is 0 Å². The molecule has 0 fully saturated rings. The Balaban J connectivity index is 2.48. The third-order valence-electron chi connectivity index (χ3n) is 3.49. The third-order valence-corrected chi connectivity index (χ3v) is 3.76. The summed E-state index contributed by atoms with van der Waals surface area (Å²) in [6.45, 7) is -0.164. The number of aromatic nitrogens is 2. The van der Waals surface area contributed by atoms with Crippen LogP contribution in [0.25, 0.3) is 0 Å². The summed E-state index contributed by atoms with van der Waals surface area (Å²) >= 11 is 5.92. The van der Waals surface area contributed by atoms with Crippen molar-refractivity contribution < 1.29 is 13.2 Å². The highest BCUT2D eigenvalue weighted by atomic mass is 35.5. The molecule has 2 rings (SSSR count). The van der Waals surface area contributed by atoms with Crippen LogP contribution in [-0.2, 0) is 20.0 Å². The molecule has 0 saturated carbocycles. The van der Waals surface area contributed by atoms with E-state index in [2.05, 4.69) is 4.99 Å². The number of rotatable bonds is 3. The fourth-order valence-corrected chi connectivity index (χ4v) is 2.60. The maximum atomic E-state index is 12.3. The van der Waals surface area contributed by atoms with Crippen molar-refractivity contribution in [3.8, 4) is 0 Å². The zero-order chi connectivity index (χ0) is 16.5. The minimum absolute atomic E-state index is 0.0952. The average molecular weight is 338 g/mol. The lowest BCUT2D eigenvalue weighted by atomic mass is 10.1. The molecular weight excluding hydrogens is 323 g/mol. The van der Waals surface area contributed by atoms with E-state index >= 15 is 0 Å². The van der Waals surface area contributed by atoms with Crippen LogP contribution in [0.2, 0.25) is 0 Å². The number of alkyl halides is 3. The highest BCUT2D eigenvalue weighted by Crippen LogP contribution is 2.25. The van der Waals surface area contributed by atoms with E-state index in [0.29, 0.717) is 24.8 Å². The van der Waals surface area contributed by atoms with Crippen LogP contribution >= 0.6 is 11.6 Å². The molecule has 0 atom stereocenters. The van der Waals surface area contributed by atoms with Gasteiger partial charge in [-0.05, 0) is 19.3 Å². The van der Waals surface area contributed by atoms with Gasteiger partial charge in [0.15, 0.2) is 0 Å². The van der Waals surface area contributed by atoms with Gasteiger partial charge in [-0.25, -0.2) is 9.79 Å². The Bertz CT molecular complexity index is 719. The van der Waals surface area contributed by atoms with Crippen LogP contribution in [0.4, 0.5) is 19.0 Å². The molecule has 0 aromatic carbocycles. The molecule has 0 unspecified atom stereocenters. The van der Waals surface area contributed by atoms with Crippen LogP contribution in [-0.4, -0.2) is 20.5 Å². The van der Waals surface area contributed by atoms with Gasteiger partial charge in [-0.2, -0.15) is 13.2 Å². The largest absolute Gasteiger partial charge is 0.389 e. The minimum atomic E-state index is -4.29. The van der Waals surface area contributed by atoms with Crippen LogP contribution < -0.4 is 11.2 Å². The summed E-state index contributed by atoms with van der Waals surface area (Å²) in [6.07, 6.45) is -4.10. The monoisotopic (exact) mass is 337 g/mol. The second kappa shape index (κ2) is 6.28. The summed E-state index contributed by atoms with van der Waals surface area (Å²) in [5, 5.41) is 0.246. The first-order valence-electron chi connectivity index (χ1n) is 6.83. The van der Waals surface area contributed by atoms with E-state index in [1.807, 2.05) is 0 Å². The predicted octanol–water partition coefficient (Wildman–Crippen LogP) is 2.49. The molecule has 0 aliphatic carbocycles. The lowest BCUT2D eigenvalue weighted by Gasteiger charge is -2.14. The van der Waals surface area contributed by atoms with Crippen LogP contribution in [0.1, 0.15) is 31.2 Å². The number of hydrogen-bond acceptors (Lipinski definition) is 3. The molecule has 1 aromatic rings. The van der Waals surface area contributed by atoms with E-state index in [0.717, 1.165) is 9.13 Å². The van der Waals surface area contributed by atoms with Gasteiger partial charge >= 0.3 is 11.9 Å². The van der Waals surface area contributed by atoms with Gasteiger partial charge in [0.05, 0.1) is 5.56 Å². The first-order valence-corrected chi connectivity index (χ1v) is 7.21. The molecule has 0 amide bonds. The Kier molecular flexibility index (Phi) is 4.79. The number of fused-ring (bicyclic) bond motifs is 1. The van der Waals surface area contributed by atoms with E-state index in [-0.39, 0.29) is 24.0 Å². The Morgan fingerprint density at radius 1 is 1.27 bits per heavy atom. The van der Waals surface area contributed by atoms with E-state index in [1.54, 1.807) is 0 Å². The van der Waals surface area contributed by atoms with Gasteiger partial charge in [-0.15, -0.1) is 0 Å². The van der Waals surface area contributed by atoms with E-state index in [1.165, 1.54) is 7.05 Å². The molecule has 0 bridgehead atoms. The molecule has 9 heteroatoms. The first-order chi connectivity index (χ1) is 10.2. The minimum Gasteiger partial charge on any atom is -0.278 e. The summed E-state index contributed by atoms with van der Waals surface area (Å²) < 4.78 is 38.8. The number of halogens is 4. The fraction of sp³-hybridized carbons (Fsp3) is 0.615. The molecule has 1 aromatic heterocycles. The van der Waals surface area contributed by atoms with E-state index in [9.17, 15) is 22.8 Å². The smallest absolute Gasteiger partial charge is 0.278 e. The van der Waals surface area contributed by atoms with Gasteiger partial charge in [-0.3, -0.25) is 13.9 Å². The highest BCUT2D eigenvalue weighted by molar-refractivity contribution is 6.65. The van der Waals surface area contributed by atoms with Crippen molar-refractivity contribution >= 4 is 22.6 Å². The molecule has 1 aliphatic heterocycles. The summed E-state index contributed by atoms with van der Waals surface area (Å²) in [5.41, 5.74) is -0.826. The van der Waals surface area contributed by atoms with E-state index in [4.69, 9.17) is 11.6 Å². The molecule has 22 heavy (non-hydrogen) atoms. The molecule has 122 valence electrons. The van der Waals surface area contributed by atoms with Gasteiger partial charge in [0.25, 0.3) is 5.56 Å². The maximum Gasteiger partial charge on any atom is 0.389 e. The van der Waals surface area contributed by atoms with Gasteiger partial charge in [0, 0.05) is 26.4 Å². The highest BCUT2D eigenvalue weighted by Gasteiger charge is 2.27. The molecular formula is C13H15ClF3N3O2. The fourth-order valence-electron chi connectivity index (χ4n) is 2.39. The summed E-state index contributed by atoms with van der Waals surface area (Å²) in [7, 11) is 1.31. The van der Waals surface area contributed by atoms with Gasteiger partial charge in [0.1, 0.15) is 11.0 Å². The van der Waals surface area contributed by atoms with Crippen LogP contribution in [0.15, 0.2) is 14.6 Å². The van der Waals surface area contributed by atoms with Gasteiger partial charge in [0.2, 0.25) is 0 Å². The molecule has 0 N–H and O–H groups in total. The zero-order valence-electron chi connectivity index (χ0n) is 11.9. The molecule has 2 heterocycles.